The molecule has 1 unspecified atom stereocenters. The third-order valence-electron chi connectivity index (χ3n) is 2.95. The number of aliphatic carboxylic acids is 1. The fourth-order valence-electron chi connectivity index (χ4n) is 2.06. The van der Waals surface area contributed by atoms with Crippen LogP contribution in [0, 0.1) is 19.8 Å². The van der Waals surface area contributed by atoms with Crippen LogP contribution in [0.3, 0.4) is 0 Å². The summed E-state index contributed by atoms with van der Waals surface area (Å²) < 4.78 is 0. The summed E-state index contributed by atoms with van der Waals surface area (Å²) in [7, 11) is 0. The van der Waals surface area contributed by atoms with Gasteiger partial charge in [-0.2, -0.15) is 0 Å². The number of nitrogens with one attached hydrogen (secondary N) is 2. The number of hydrogen-bond donors (Lipinski definition) is 3. The fourth-order valence-corrected chi connectivity index (χ4v) is 2.06. The zero-order valence-electron chi connectivity index (χ0n) is 12.4. The number of aryl methyl sites for hydroxylation is 2. The first-order chi connectivity index (χ1) is 9.29. The van der Waals surface area contributed by atoms with Crippen LogP contribution in [0.15, 0.2) is 18.2 Å². The van der Waals surface area contributed by atoms with Gasteiger partial charge in [0.1, 0.15) is 6.04 Å². The van der Waals surface area contributed by atoms with Crippen molar-refractivity contribution in [1.29, 1.82) is 0 Å². The Hall–Kier alpha value is -2.04. The molecule has 5 heteroatoms. The monoisotopic (exact) mass is 278 g/mol. The van der Waals surface area contributed by atoms with Gasteiger partial charge in [-0.3, -0.25) is 0 Å². The molecule has 0 bridgehead atoms. The van der Waals surface area contributed by atoms with E-state index in [1.165, 1.54) is 0 Å². The Bertz CT molecular complexity index is 478. The Morgan fingerprint density at radius 2 is 1.70 bits per heavy atom. The number of rotatable bonds is 5. The summed E-state index contributed by atoms with van der Waals surface area (Å²) in [5.41, 5.74) is 3.26. The molecule has 3 N–H and O–H groups in total. The molecule has 1 rings (SSSR count). The molecule has 0 fully saturated rings. The van der Waals surface area contributed by atoms with Crippen LogP contribution in [0.5, 0.6) is 0 Å². The van der Waals surface area contributed by atoms with Crippen LogP contribution in [0.2, 0.25) is 0 Å². The molecule has 20 heavy (non-hydrogen) atoms. The van der Waals surface area contributed by atoms with E-state index in [1.807, 2.05) is 26.0 Å². The van der Waals surface area contributed by atoms with Crippen molar-refractivity contribution >= 4 is 12.0 Å². The van der Waals surface area contributed by atoms with Gasteiger partial charge in [-0.25, -0.2) is 9.59 Å². The molecule has 5 nitrogen and oxygen atoms in total. The highest BCUT2D eigenvalue weighted by atomic mass is 16.4. The largest absolute Gasteiger partial charge is 0.480 e. The van der Waals surface area contributed by atoms with Crippen molar-refractivity contribution in [3.8, 4) is 0 Å². The first kappa shape index (κ1) is 16.0. The smallest absolute Gasteiger partial charge is 0.326 e. The third-order valence-corrected chi connectivity index (χ3v) is 2.95. The van der Waals surface area contributed by atoms with E-state index < -0.39 is 18.0 Å². The summed E-state index contributed by atoms with van der Waals surface area (Å²) in [6, 6.07) is 4.69. The number of carboxylic acids is 1. The van der Waals surface area contributed by atoms with Gasteiger partial charge in [0.25, 0.3) is 0 Å². The molecular formula is C15H22N2O3. The molecule has 0 saturated heterocycles. The summed E-state index contributed by atoms with van der Waals surface area (Å²) in [4.78, 5) is 22.7. The molecule has 0 aliphatic rings. The molecule has 1 aromatic rings. The highest BCUT2D eigenvalue weighted by molar-refractivity contribution is 5.82. The topological polar surface area (TPSA) is 78.4 Å². The van der Waals surface area contributed by atoms with E-state index in [-0.39, 0.29) is 5.92 Å². The zero-order valence-corrected chi connectivity index (χ0v) is 12.4. The first-order valence-corrected chi connectivity index (χ1v) is 6.64. The number of amides is 2. The van der Waals surface area contributed by atoms with E-state index in [4.69, 9.17) is 5.11 Å². The van der Waals surface area contributed by atoms with E-state index >= 15 is 0 Å². The van der Waals surface area contributed by atoms with E-state index in [1.54, 1.807) is 13.8 Å². The Kier molecular flexibility index (Phi) is 5.55. The molecule has 1 atom stereocenters. The standard InChI is InChI=1S/C15H22N2O3/c1-9(2)13(14(18)19)17-15(20)16-8-12-6-10(3)5-11(4)7-12/h5-7,9,13H,8H2,1-4H3,(H,18,19)(H2,16,17,20). The Morgan fingerprint density at radius 3 is 2.15 bits per heavy atom. The summed E-state index contributed by atoms with van der Waals surface area (Å²) in [6.07, 6.45) is 0. The average molecular weight is 278 g/mol. The second-order valence-corrected chi connectivity index (χ2v) is 5.38. The average Bonchev–Trinajstić information content (AvgIpc) is 2.31. The molecule has 0 heterocycles. The summed E-state index contributed by atoms with van der Waals surface area (Å²) >= 11 is 0. The molecule has 0 aromatic heterocycles. The second kappa shape index (κ2) is 6.93. The predicted octanol–water partition coefficient (Wildman–Crippen LogP) is 2.21. The zero-order chi connectivity index (χ0) is 15.3. The van der Waals surface area contributed by atoms with Gasteiger partial charge in [0.05, 0.1) is 0 Å². The van der Waals surface area contributed by atoms with Crippen molar-refractivity contribution < 1.29 is 14.7 Å². The Labute approximate surface area is 119 Å². The molecule has 0 radical (unpaired) electrons. The Balaban J connectivity index is 2.56. The van der Waals surface area contributed by atoms with Gasteiger partial charge < -0.3 is 15.7 Å². The molecule has 1 aromatic carbocycles. The van der Waals surface area contributed by atoms with Crippen LogP contribution in [0.25, 0.3) is 0 Å². The number of carbonyl (C=O) groups is 2. The van der Waals surface area contributed by atoms with E-state index in [0.29, 0.717) is 6.54 Å². The maximum absolute atomic E-state index is 11.7. The van der Waals surface area contributed by atoms with Gasteiger partial charge in [0.15, 0.2) is 0 Å². The lowest BCUT2D eigenvalue weighted by Gasteiger charge is -2.18. The van der Waals surface area contributed by atoms with Crippen molar-refractivity contribution in [2.24, 2.45) is 5.92 Å². The van der Waals surface area contributed by atoms with Gasteiger partial charge >= 0.3 is 12.0 Å². The van der Waals surface area contributed by atoms with Crippen LogP contribution in [0.4, 0.5) is 4.79 Å². The van der Waals surface area contributed by atoms with Crippen LogP contribution in [-0.2, 0) is 11.3 Å². The summed E-state index contributed by atoms with van der Waals surface area (Å²) in [5.74, 6) is -1.19. The molecule has 0 aliphatic carbocycles. The third kappa shape index (κ3) is 4.91. The minimum absolute atomic E-state index is 0.167. The van der Waals surface area contributed by atoms with Gasteiger partial charge in [0, 0.05) is 6.54 Å². The lowest BCUT2D eigenvalue weighted by atomic mass is 10.1. The van der Waals surface area contributed by atoms with Crippen molar-refractivity contribution in [2.75, 3.05) is 0 Å². The molecule has 0 aliphatic heterocycles. The number of hydrogen-bond acceptors (Lipinski definition) is 2. The van der Waals surface area contributed by atoms with Gasteiger partial charge in [-0.15, -0.1) is 0 Å². The van der Waals surface area contributed by atoms with Crippen LogP contribution in [-0.4, -0.2) is 23.1 Å². The first-order valence-electron chi connectivity index (χ1n) is 6.64. The lowest BCUT2D eigenvalue weighted by Crippen LogP contribution is -2.48. The minimum atomic E-state index is -1.03. The molecule has 0 saturated carbocycles. The van der Waals surface area contributed by atoms with Crippen molar-refractivity contribution in [3.63, 3.8) is 0 Å². The number of urea groups is 1. The highest BCUT2D eigenvalue weighted by Crippen LogP contribution is 2.08. The quantitative estimate of drug-likeness (QED) is 0.772. The molecule has 110 valence electrons. The number of carbonyl (C=O) groups excluding carboxylic acids is 1. The Morgan fingerprint density at radius 1 is 1.15 bits per heavy atom. The van der Waals surface area contributed by atoms with E-state index in [2.05, 4.69) is 16.7 Å². The van der Waals surface area contributed by atoms with E-state index in [9.17, 15) is 9.59 Å². The normalized spacial score (nSPS) is 12.1. The fraction of sp³-hybridized carbons (Fsp3) is 0.467. The maximum Gasteiger partial charge on any atom is 0.326 e. The molecule has 0 spiro atoms. The van der Waals surface area contributed by atoms with Gasteiger partial charge in [0.2, 0.25) is 0 Å². The van der Waals surface area contributed by atoms with Gasteiger partial charge in [-0.05, 0) is 25.3 Å². The SMILES string of the molecule is Cc1cc(C)cc(CNC(=O)NC(C(=O)O)C(C)C)c1. The van der Waals surface area contributed by atoms with Crippen LogP contribution >= 0.6 is 0 Å². The highest BCUT2D eigenvalue weighted by Gasteiger charge is 2.23. The van der Waals surface area contributed by atoms with E-state index in [0.717, 1.165) is 16.7 Å². The predicted molar refractivity (Wildman–Crippen MR) is 77.5 cm³/mol. The van der Waals surface area contributed by atoms with Crippen molar-refractivity contribution in [2.45, 2.75) is 40.3 Å². The van der Waals surface area contributed by atoms with Gasteiger partial charge in [-0.1, -0.05) is 43.2 Å². The lowest BCUT2D eigenvalue weighted by molar-refractivity contribution is -0.140. The summed E-state index contributed by atoms with van der Waals surface area (Å²) in [5, 5.41) is 14.2. The number of carboxylic acid groups (broad SMARTS) is 1. The maximum atomic E-state index is 11.7. The van der Waals surface area contributed by atoms with Crippen molar-refractivity contribution in [1.82, 2.24) is 10.6 Å². The molecular weight excluding hydrogens is 256 g/mol. The number of benzene rings is 1. The molecule has 2 amide bonds. The minimum Gasteiger partial charge on any atom is -0.480 e. The summed E-state index contributed by atoms with van der Waals surface area (Å²) in [6.45, 7) is 7.87. The van der Waals surface area contributed by atoms with Crippen molar-refractivity contribution in [3.05, 3.63) is 34.9 Å². The van der Waals surface area contributed by atoms with Crippen LogP contribution < -0.4 is 10.6 Å². The second-order valence-electron chi connectivity index (χ2n) is 5.38. The van der Waals surface area contributed by atoms with Crippen LogP contribution in [0.1, 0.15) is 30.5 Å².